The summed E-state index contributed by atoms with van der Waals surface area (Å²) in [5.41, 5.74) is 0. The predicted molar refractivity (Wildman–Crippen MR) is 81.9 cm³/mol. The van der Waals surface area contributed by atoms with Crippen molar-refractivity contribution in [3.8, 4) is 0 Å². The molecule has 0 amide bonds. The van der Waals surface area contributed by atoms with Crippen LogP contribution in [0.5, 0.6) is 0 Å². The van der Waals surface area contributed by atoms with Crippen molar-refractivity contribution in [2.24, 2.45) is 5.92 Å². The number of nitrogens with zero attached hydrogens (tertiary/aromatic N) is 2. The Labute approximate surface area is 119 Å². The highest BCUT2D eigenvalue weighted by molar-refractivity contribution is 7.89. The molecule has 5 nitrogen and oxygen atoms in total. The first-order valence-electron chi connectivity index (χ1n) is 7.12. The van der Waals surface area contributed by atoms with Gasteiger partial charge in [-0.2, -0.15) is 0 Å². The largest absolute Gasteiger partial charge is 0.317 e. The van der Waals surface area contributed by atoms with Crippen LogP contribution in [0.1, 0.15) is 27.2 Å². The molecule has 116 valence electrons. The second-order valence-corrected chi connectivity index (χ2v) is 7.67. The molecule has 0 saturated carbocycles. The zero-order valence-electron chi connectivity index (χ0n) is 13.1. The molecule has 0 aliphatic rings. The molecular formula is C13H31N3O2S. The highest BCUT2D eigenvalue weighted by atomic mass is 32.2. The maximum absolute atomic E-state index is 12.3. The molecule has 0 spiro atoms. The van der Waals surface area contributed by atoms with Crippen LogP contribution in [0.3, 0.4) is 0 Å². The maximum Gasteiger partial charge on any atom is 0.214 e. The van der Waals surface area contributed by atoms with Crippen LogP contribution < -0.4 is 5.32 Å². The monoisotopic (exact) mass is 293 g/mol. The molecule has 0 aliphatic carbocycles. The number of rotatable bonds is 11. The van der Waals surface area contributed by atoms with Gasteiger partial charge in [0.15, 0.2) is 0 Å². The lowest BCUT2D eigenvalue weighted by molar-refractivity contribution is 0.312. The second kappa shape index (κ2) is 9.69. The third-order valence-electron chi connectivity index (χ3n) is 2.76. The molecular weight excluding hydrogens is 262 g/mol. The van der Waals surface area contributed by atoms with Crippen molar-refractivity contribution in [3.05, 3.63) is 0 Å². The van der Waals surface area contributed by atoms with Gasteiger partial charge in [0.1, 0.15) is 0 Å². The highest BCUT2D eigenvalue weighted by Crippen LogP contribution is 2.07. The first-order chi connectivity index (χ1) is 8.79. The summed E-state index contributed by atoms with van der Waals surface area (Å²) in [6, 6.07) is 0. The summed E-state index contributed by atoms with van der Waals surface area (Å²) in [7, 11) is 0.800. The molecule has 0 aromatic carbocycles. The Balaban J connectivity index is 4.44. The molecule has 0 saturated heterocycles. The van der Waals surface area contributed by atoms with E-state index in [-0.39, 0.29) is 5.75 Å². The molecule has 19 heavy (non-hydrogen) atoms. The van der Waals surface area contributed by atoms with Crippen LogP contribution in [0.15, 0.2) is 0 Å². The average molecular weight is 293 g/mol. The van der Waals surface area contributed by atoms with E-state index in [0.29, 0.717) is 25.4 Å². The third kappa shape index (κ3) is 9.38. The molecule has 0 radical (unpaired) electrons. The van der Waals surface area contributed by atoms with Gasteiger partial charge in [-0.15, -0.1) is 0 Å². The minimum atomic E-state index is -3.13. The molecule has 0 aromatic heterocycles. The Kier molecular flexibility index (Phi) is 9.60. The lowest BCUT2D eigenvalue weighted by Gasteiger charge is -2.25. The Morgan fingerprint density at radius 2 is 1.79 bits per heavy atom. The minimum absolute atomic E-state index is 0.236. The van der Waals surface area contributed by atoms with Crippen molar-refractivity contribution in [2.75, 3.05) is 52.6 Å². The van der Waals surface area contributed by atoms with Crippen LogP contribution in [0, 0.1) is 5.92 Å². The van der Waals surface area contributed by atoms with Crippen molar-refractivity contribution in [3.63, 3.8) is 0 Å². The van der Waals surface area contributed by atoms with Crippen molar-refractivity contribution in [2.45, 2.75) is 27.2 Å². The van der Waals surface area contributed by atoms with Crippen LogP contribution in [0.25, 0.3) is 0 Å². The zero-order valence-corrected chi connectivity index (χ0v) is 14.0. The molecule has 0 atom stereocenters. The quantitative estimate of drug-likeness (QED) is 0.574. The molecule has 0 fully saturated rings. The summed E-state index contributed by atoms with van der Waals surface area (Å²) >= 11 is 0. The van der Waals surface area contributed by atoms with Crippen molar-refractivity contribution < 1.29 is 8.42 Å². The molecule has 0 rings (SSSR count). The van der Waals surface area contributed by atoms with Gasteiger partial charge in [0, 0.05) is 19.6 Å². The Morgan fingerprint density at radius 1 is 1.16 bits per heavy atom. The molecule has 0 unspecified atom stereocenters. The van der Waals surface area contributed by atoms with E-state index in [9.17, 15) is 8.42 Å². The number of sulfonamides is 1. The summed E-state index contributed by atoms with van der Waals surface area (Å²) in [4.78, 5) is 2.02. The zero-order chi connectivity index (χ0) is 14.9. The topological polar surface area (TPSA) is 52.7 Å². The predicted octanol–water partition coefficient (Wildman–Crippen LogP) is 0.835. The third-order valence-corrected chi connectivity index (χ3v) is 4.69. The van der Waals surface area contributed by atoms with Crippen LogP contribution in [0.4, 0.5) is 0 Å². The molecule has 0 heterocycles. The van der Waals surface area contributed by atoms with Gasteiger partial charge >= 0.3 is 0 Å². The Bertz CT molecular complexity index is 316. The molecule has 0 aliphatic heterocycles. The van der Waals surface area contributed by atoms with Crippen LogP contribution in [-0.4, -0.2) is 70.2 Å². The first-order valence-corrected chi connectivity index (χ1v) is 8.73. The first kappa shape index (κ1) is 18.8. The molecule has 6 heteroatoms. The maximum atomic E-state index is 12.3. The van der Waals surface area contributed by atoms with Crippen molar-refractivity contribution in [1.82, 2.24) is 14.5 Å². The van der Waals surface area contributed by atoms with Crippen LogP contribution in [0.2, 0.25) is 0 Å². The van der Waals surface area contributed by atoms with Gasteiger partial charge in [0.05, 0.1) is 5.75 Å². The lowest BCUT2D eigenvalue weighted by atomic mass is 10.2. The van der Waals surface area contributed by atoms with Crippen molar-refractivity contribution in [1.29, 1.82) is 0 Å². The van der Waals surface area contributed by atoms with E-state index in [4.69, 9.17) is 0 Å². The van der Waals surface area contributed by atoms with Gasteiger partial charge in [-0.05, 0) is 39.5 Å². The van der Waals surface area contributed by atoms with E-state index in [1.807, 2.05) is 25.9 Å². The van der Waals surface area contributed by atoms with E-state index in [1.165, 1.54) is 0 Å². The lowest BCUT2D eigenvalue weighted by Crippen LogP contribution is -2.40. The summed E-state index contributed by atoms with van der Waals surface area (Å²) in [6.45, 7) is 9.73. The van der Waals surface area contributed by atoms with Gasteiger partial charge in [-0.25, -0.2) is 12.7 Å². The van der Waals surface area contributed by atoms with Crippen LogP contribution >= 0.6 is 0 Å². The SMILES string of the molecule is CCNCCCS(=O)(=O)N(CCN(C)C)CC(C)C. The van der Waals surface area contributed by atoms with Gasteiger partial charge in [0.2, 0.25) is 10.0 Å². The number of likely N-dealkylation sites (N-methyl/N-ethyl adjacent to an activating group) is 1. The highest BCUT2D eigenvalue weighted by Gasteiger charge is 2.22. The molecule has 1 N–H and O–H groups in total. The van der Waals surface area contributed by atoms with E-state index in [2.05, 4.69) is 19.2 Å². The van der Waals surface area contributed by atoms with E-state index in [0.717, 1.165) is 19.6 Å². The van der Waals surface area contributed by atoms with E-state index >= 15 is 0 Å². The van der Waals surface area contributed by atoms with Gasteiger partial charge in [-0.3, -0.25) is 0 Å². The summed E-state index contributed by atoms with van der Waals surface area (Å²) in [5, 5.41) is 3.16. The molecule has 0 aromatic rings. The smallest absolute Gasteiger partial charge is 0.214 e. The molecule has 0 bridgehead atoms. The second-order valence-electron chi connectivity index (χ2n) is 5.58. The van der Waals surface area contributed by atoms with E-state index in [1.54, 1.807) is 4.31 Å². The minimum Gasteiger partial charge on any atom is -0.317 e. The van der Waals surface area contributed by atoms with Gasteiger partial charge in [-0.1, -0.05) is 20.8 Å². The summed E-state index contributed by atoms with van der Waals surface area (Å²) in [6.07, 6.45) is 0.673. The number of hydrogen-bond acceptors (Lipinski definition) is 4. The fraction of sp³-hybridized carbons (Fsp3) is 1.00. The number of nitrogens with one attached hydrogen (secondary N) is 1. The average Bonchev–Trinajstić information content (AvgIpc) is 2.29. The fourth-order valence-electron chi connectivity index (χ4n) is 1.75. The Hall–Kier alpha value is -0.170. The Morgan fingerprint density at radius 3 is 2.26 bits per heavy atom. The normalized spacial score (nSPS) is 12.8. The van der Waals surface area contributed by atoms with Gasteiger partial charge < -0.3 is 10.2 Å². The fourth-order valence-corrected chi connectivity index (χ4v) is 3.40. The summed E-state index contributed by atoms with van der Waals surface area (Å²) < 4.78 is 26.3. The van der Waals surface area contributed by atoms with E-state index < -0.39 is 10.0 Å². The standard InChI is InChI=1S/C13H31N3O2S/c1-6-14-8-7-11-19(17,18)16(12-13(2)3)10-9-15(4)5/h13-14H,6-12H2,1-5H3. The summed E-state index contributed by atoms with van der Waals surface area (Å²) in [5.74, 6) is 0.589. The number of hydrogen-bond donors (Lipinski definition) is 1. The van der Waals surface area contributed by atoms with Gasteiger partial charge in [0.25, 0.3) is 0 Å². The van der Waals surface area contributed by atoms with Crippen LogP contribution in [-0.2, 0) is 10.0 Å². The van der Waals surface area contributed by atoms with Crippen molar-refractivity contribution >= 4 is 10.0 Å².